The third kappa shape index (κ3) is 6.82. The Kier molecular flexibility index (Phi) is 7.85. The molecule has 1 amide bonds. The molecule has 1 fully saturated rings. The maximum absolute atomic E-state index is 12.2. The molecule has 1 aromatic carbocycles. The van der Waals surface area contributed by atoms with Crippen LogP contribution in [0.25, 0.3) is 0 Å². The molecule has 5 nitrogen and oxygen atoms in total. The zero-order chi connectivity index (χ0) is 18.1. The summed E-state index contributed by atoms with van der Waals surface area (Å²) in [5.41, 5.74) is 1.24. The van der Waals surface area contributed by atoms with Gasteiger partial charge in [-0.05, 0) is 68.6 Å². The molecule has 2 rings (SSSR count). The average molecular weight is 362 g/mol. The highest BCUT2D eigenvalue weighted by molar-refractivity contribution is 7.80. The lowest BCUT2D eigenvalue weighted by molar-refractivity contribution is -0.119. The number of carbonyl (C=O) groups is 2. The highest BCUT2D eigenvalue weighted by Gasteiger charge is 2.18. The van der Waals surface area contributed by atoms with Crippen molar-refractivity contribution in [2.24, 2.45) is 0 Å². The standard InChI is InChI=1S/C19H26N2O3S/c1-2-3-9-17(22)21-19(25)20-15-12-10-14(11-13-15)18(23)24-16-7-5-4-6-8-16/h10-13,16H,2-9H2,1H3,(H2,20,21,22,25). The quantitative estimate of drug-likeness (QED) is 0.587. The SMILES string of the molecule is CCCCC(=O)NC(=S)Nc1ccc(C(=O)OC2CCCCC2)cc1. The van der Waals surface area contributed by atoms with Crippen LogP contribution in [0, 0.1) is 0 Å². The number of ether oxygens (including phenoxy) is 1. The van der Waals surface area contributed by atoms with E-state index in [2.05, 4.69) is 10.6 Å². The van der Waals surface area contributed by atoms with E-state index in [1.54, 1.807) is 24.3 Å². The van der Waals surface area contributed by atoms with Gasteiger partial charge in [-0.3, -0.25) is 4.79 Å². The van der Waals surface area contributed by atoms with Crippen LogP contribution < -0.4 is 10.6 Å². The second-order valence-corrected chi connectivity index (χ2v) is 6.76. The van der Waals surface area contributed by atoms with E-state index in [0.29, 0.717) is 12.0 Å². The Morgan fingerprint density at radius 3 is 2.48 bits per heavy atom. The molecule has 0 atom stereocenters. The first kappa shape index (κ1) is 19.4. The number of amides is 1. The van der Waals surface area contributed by atoms with Crippen molar-refractivity contribution in [1.82, 2.24) is 5.32 Å². The molecule has 0 bridgehead atoms. The Hall–Kier alpha value is -1.95. The molecule has 0 aromatic heterocycles. The number of thiocarbonyl (C=S) groups is 1. The molecule has 0 heterocycles. The minimum absolute atomic E-state index is 0.0463. The summed E-state index contributed by atoms with van der Waals surface area (Å²) in [7, 11) is 0. The van der Waals surface area contributed by atoms with Gasteiger partial charge in [-0.25, -0.2) is 4.79 Å². The highest BCUT2D eigenvalue weighted by Crippen LogP contribution is 2.21. The number of hydrogen-bond donors (Lipinski definition) is 2. The van der Waals surface area contributed by atoms with Gasteiger partial charge in [-0.1, -0.05) is 19.8 Å². The fourth-order valence-corrected chi connectivity index (χ4v) is 3.01. The lowest BCUT2D eigenvalue weighted by Gasteiger charge is -2.21. The van der Waals surface area contributed by atoms with Crippen molar-refractivity contribution in [3.63, 3.8) is 0 Å². The fraction of sp³-hybridized carbons (Fsp3) is 0.526. The predicted molar refractivity (Wildman–Crippen MR) is 103 cm³/mol. The van der Waals surface area contributed by atoms with E-state index >= 15 is 0 Å². The largest absolute Gasteiger partial charge is 0.459 e. The van der Waals surface area contributed by atoms with Crippen LogP contribution in [0.15, 0.2) is 24.3 Å². The van der Waals surface area contributed by atoms with Crippen LogP contribution in [-0.4, -0.2) is 23.1 Å². The average Bonchev–Trinajstić information content (AvgIpc) is 2.61. The Balaban J connectivity index is 1.81. The molecule has 0 spiro atoms. The molecule has 0 aliphatic heterocycles. The number of rotatable bonds is 6. The van der Waals surface area contributed by atoms with Crippen LogP contribution >= 0.6 is 12.2 Å². The number of carbonyl (C=O) groups excluding carboxylic acids is 2. The zero-order valence-electron chi connectivity index (χ0n) is 14.7. The van der Waals surface area contributed by atoms with Crippen molar-refractivity contribution in [2.75, 3.05) is 5.32 Å². The van der Waals surface area contributed by atoms with Gasteiger partial charge in [0.1, 0.15) is 6.10 Å². The fourth-order valence-electron chi connectivity index (χ4n) is 2.78. The summed E-state index contributed by atoms with van der Waals surface area (Å²) < 4.78 is 5.55. The number of hydrogen-bond acceptors (Lipinski definition) is 4. The highest BCUT2D eigenvalue weighted by atomic mass is 32.1. The molecule has 1 aliphatic rings. The number of esters is 1. The molecular weight excluding hydrogens is 336 g/mol. The van der Waals surface area contributed by atoms with Gasteiger partial charge < -0.3 is 15.4 Å². The molecule has 6 heteroatoms. The first-order chi connectivity index (χ1) is 12.1. The minimum atomic E-state index is -0.283. The topological polar surface area (TPSA) is 67.4 Å². The van der Waals surface area contributed by atoms with Crippen molar-refractivity contribution in [1.29, 1.82) is 0 Å². The third-order valence-corrected chi connectivity index (χ3v) is 4.42. The second-order valence-electron chi connectivity index (χ2n) is 6.35. The molecule has 1 saturated carbocycles. The lowest BCUT2D eigenvalue weighted by Crippen LogP contribution is -2.33. The van der Waals surface area contributed by atoms with Gasteiger partial charge in [0.05, 0.1) is 5.56 Å². The number of nitrogens with one attached hydrogen (secondary N) is 2. The van der Waals surface area contributed by atoms with Crippen LogP contribution in [0.4, 0.5) is 5.69 Å². The first-order valence-corrected chi connectivity index (χ1v) is 9.41. The Labute approximate surface area is 154 Å². The maximum atomic E-state index is 12.2. The Bertz CT molecular complexity index is 595. The zero-order valence-corrected chi connectivity index (χ0v) is 15.5. The van der Waals surface area contributed by atoms with Crippen LogP contribution in [0.5, 0.6) is 0 Å². The third-order valence-electron chi connectivity index (χ3n) is 4.21. The maximum Gasteiger partial charge on any atom is 0.338 e. The summed E-state index contributed by atoms with van der Waals surface area (Å²) in [5.74, 6) is -0.374. The number of anilines is 1. The number of benzene rings is 1. The lowest BCUT2D eigenvalue weighted by atomic mass is 9.98. The van der Waals surface area contributed by atoms with Crippen molar-refractivity contribution in [2.45, 2.75) is 64.4 Å². The molecule has 1 aliphatic carbocycles. The minimum Gasteiger partial charge on any atom is -0.459 e. The smallest absolute Gasteiger partial charge is 0.338 e. The van der Waals surface area contributed by atoms with E-state index in [1.807, 2.05) is 6.92 Å². The van der Waals surface area contributed by atoms with Crippen molar-refractivity contribution < 1.29 is 14.3 Å². The summed E-state index contributed by atoms with van der Waals surface area (Å²) in [5, 5.41) is 5.85. The van der Waals surface area contributed by atoms with Gasteiger partial charge in [-0.2, -0.15) is 0 Å². The van der Waals surface area contributed by atoms with Crippen LogP contribution in [0.2, 0.25) is 0 Å². The summed E-state index contributed by atoms with van der Waals surface area (Å²) in [6.07, 6.45) is 7.70. The summed E-state index contributed by atoms with van der Waals surface area (Å²) >= 11 is 5.12. The van der Waals surface area contributed by atoms with E-state index in [0.717, 1.165) is 44.2 Å². The molecule has 136 valence electrons. The van der Waals surface area contributed by atoms with Crippen molar-refractivity contribution in [3.05, 3.63) is 29.8 Å². The second kappa shape index (κ2) is 10.1. The van der Waals surface area contributed by atoms with E-state index in [1.165, 1.54) is 6.42 Å². The van der Waals surface area contributed by atoms with Gasteiger partial charge in [0.2, 0.25) is 5.91 Å². The molecule has 25 heavy (non-hydrogen) atoms. The molecule has 0 unspecified atom stereocenters. The van der Waals surface area contributed by atoms with E-state index in [4.69, 9.17) is 17.0 Å². The van der Waals surface area contributed by atoms with E-state index in [9.17, 15) is 9.59 Å². The van der Waals surface area contributed by atoms with E-state index < -0.39 is 0 Å². The van der Waals surface area contributed by atoms with Crippen LogP contribution in [0.3, 0.4) is 0 Å². The van der Waals surface area contributed by atoms with Gasteiger partial charge in [0.25, 0.3) is 0 Å². The van der Waals surface area contributed by atoms with Gasteiger partial charge >= 0.3 is 5.97 Å². The van der Waals surface area contributed by atoms with Gasteiger partial charge in [-0.15, -0.1) is 0 Å². The first-order valence-electron chi connectivity index (χ1n) is 9.00. The van der Waals surface area contributed by atoms with Crippen LogP contribution in [-0.2, 0) is 9.53 Å². The summed E-state index contributed by atoms with van der Waals surface area (Å²) in [6.45, 7) is 2.03. The summed E-state index contributed by atoms with van der Waals surface area (Å²) in [4.78, 5) is 23.8. The molecule has 0 saturated heterocycles. The van der Waals surface area contributed by atoms with Crippen molar-refractivity contribution >= 4 is 34.9 Å². The predicted octanol–water partition coefficient (Wildman–Crippen LogP) is 4.18. The van der Waals surface area contributed by atoms with Crippen LogP contribution in [0.1, 0.15) is 68.6 Å². The molecular formula is C19H26N2O3S. The van der Waals surface area contributed by atoms with Crippen molar-refractivity contribution in [3.8, 4) is 0 Å². The van der Waals surface area contributed by atoms with Gasteiger partial charge in [0, 0.05) is 12.1 Å². The molecule has 0 radical (unpaired) electrons. The van der Waals surface area contributed by atoms with Gasteiger partial charge in [0.15, 0.2) is 5.11 Å². The van der Waals surface area contributed by atoms with E-state index in [-0.39, 0.29) is 23.1 Å². The Morgan fingerprint density at radius 2 is 1.84 bits per heavy atom. The summed E-state index contributed by atoms with van der Waals surface area (Å²) in [6, 6.07) is 6.91. The normalized spacial score (nSPS) is 14.6. The molecule has 1 aromatic rings. The Morgan fingerprint density at radius 1 is 1.16 bits per heavy atom. The monoisotopic (exact) mass is 362 g/mol. The number of unbranched alkanes of at least 4 members (excludes halogenated alkanes) is 1. The molecule has 2 N–H and O–H groups in total.